The van der Waals surface area contributed by atoms with Gasteiger partial charge in [0.2, 0.25) is 0 Å². The number of rotatable bonds is 4. The van der Waals surface area contributed by atoms with Crippen LogP contribution in [0.2, 0.25) is 0 Å². The number of hydrogen-bond donors (Lipinski definition) is 3. The molecular formula is C11H13N5O. The monoisotopic (exact) mass is 231 g/mol. The molecule has 0 radical (unpaired) electrons. The highest BCUT2D eigenvalue weighted by atomic mass is 16.1. The smallest absolute Gasteiger partial charge is 0.269 e. The quantitative estimate of drug-likeness (QED) is 0.726. The Morgan fingerprint density at radius 2 is 2.29 bits per heavy atom. The van der Waals surface area contributed by atoms with Crippen LogP contribution < -0.4 is 10.6 Å². The molecule has 0 saturated carbocycles. The Labute approximate surface area is 98.5 Å². The molecule has 0 fully saturated rings. The molecule has 17 heavy (non-hydrogen) atoms. The Kier molecular flexibility index (Phi) is 3.34. The van der Waals surface area contributed by atoms with Gasteiger partial charge in [0.25, 0.3) is 5.91 Å². The fourth-order valence-electron chi connectivity index (χ4n) is 1.37. The van der Waals surface area contributed by atoms with E-state index >= 15 is 0 Å². The molecule has 2 rings (SSSR count). The standard InChI is InChI=1S/C11H13N5O/c1-12-11(17)9-6-8(2-3-13-9)16-7-10-14-4-5-15-10/h2-6H,7H2,1H3,(H,12,17)(H,13,16)(H,14,15). The van der Waals surface area contributed by atoms with Crippen molar-refractivity contribution in [3.05, 3.63) is 42.2 Å². The topological polar surface area (TPSA) is 82.7 Å². The number of carbonyl (C=O) groups excluding carboxylic acids is 1. The van der Waals surface area contributed by atoms with E-state index in [9.17, 15) is 4.79 Å². The van der Waals surface area contributed by atoms with Gasteiger partial charge in [0.1, 0.15) is 11.5 Å². The summed E-state index contributed by atoms with van der Waals surface area (Å²) in [4.78, 5) is 22.4. The average molecular weight is 231 g/mol. The Morgan fingerprint density at radius 1 is 1.41 bits per heavy atom. The van der Waals surface area contributed by atoms with Crippen LogP contribution in [0.15, 0.2) is 30.7 Å². The number of anilines is 1. The molecule has 0 saturated heterocycles. The number of H-pyrrole nitrogens is 1. The molecule has 1 amide bonds. The van der Waals surface area contributed by atoms with E-state index in [2.05, 4.69) is 25.6 Å². The number of imidazole rings is 1. The van der Waals surface area contributed by atoms with Gasteiger partial charge in [-0.15, -0.1) is 0 Å². The molecule has 2 heterocycles. The minimum Gasteiger partial charge on any atom is -0.378 e. The normalized spacial score (nSPS) is 9.94. The fraction of sp³-hybridized carbons (Fsp3) is 0.182. The maximum absolute atomic E-state index is 11.4. The van der Waals surface area contributed by atoms with Crippen LogP contribution in [0.5, 0.6) is 0 Å². The van der Waals surface area contributed by atoms with Crippen LogP contribution in [0.4, 0.5) is 5.69 Å². The van der Waals surface area contributed by atoms with Crippen molar-refractivity contribution >= 4 is 11.6 Å². The van der Waals surface area contributed by atoms with Crippen LogP contribution in [0.1, 0.15) is 16.3 Å². The first-order valence-corrected chi connectivity index (χ1v) is 5.20. The first kappa shape index (κ1) is 11.1. The highest BCUT2D eigenvalue weighted by Gasteiger charge is 2.05. The zero-order valence-electron chi connectivity index (χ0n) is 9.40. The largest absolute Gasteiger partial charge is 0.378 e. The van der Waals surface area contributed by atoms with Crippen LogP contribution in [-0.2, 0) is 6.54 Å². The molecule has 0 aliphatic heterocycles. The van der Waals surface area contributed by atoms with Crippen molar-refractivity contribution in [2.75, 3.05) is 12.4 Å². The van der Waals surface area contributed by atoms with Gasteiger partial charge in [-0.2, -0.15) is 0 Å². The Balaban J connectivity index is 2.03. The summed E-state index contributed by atoms with van der Waals surface area (Å²) in [6.07, 6.45) is 5.05. The third kappa shape index (κ3) is 2.81. The van der Waals surface area contributed by atoms with Crippen molar-refractivity contribution < 1.29 is 4.79 Å². The maximum Gasteiger partial charge on any atom is 0.269 e. The average Bonchev–Trinajstić information content (AvgIpc) is 2.89. The summed E-state index contributed by atoms with van der Waals surface area (Å²) < 4.78 is 0. The van der Waals surface area contributed by atoms with E-state index in [1.807, 2.05) is 0 Å². The number of nitrogens with one attached hydrogen (secondary N) is 3. The molecule has 3 N–H and O–H groups in total. The van der Waals surface area contributed by atoms with E-state index in [-0.39, 0.29) is 5.91 Å². The number of pyridine rings is 1. The van der Waals surface area contributed by atoms with Gasteiger partial charge < -0.3 is 15.6 Å². The molecule has 0 spiro atoms. The summed E-state index contributed by atoms with van der Waals surface area (Å²) in [5.41, 5.74) is 1.21. The fourth-order valence-corrected chi connectivity index (χ4v) is 1.37. The summed E-state index contributed by atoms with van der Waals surface area (Å²) in [7, 11) is 1.58. The molecule has 2 aromatic heterocycles. The Hall–Kier alpha value is -2.37. The Morgan fingerprint density at radius 3 is 3.00 bits per heavy atom. The van der Waals surface area contributed by atoms with Crippen molar-refractivity contribution in [2.45, 2.75) is 6.54 Å². The van der Waals surface area contributed by atoms with E-state index in [0.29, 0.717) is 12.2 Å². The van der Waals surface area contributed by atoms with E-state index in [0.717, 1.165) is 11.5 Å². The molecule has 0 aliphatic rings. The second-order valence-corrected chi connectivity index (χ2v) is 3.40. The first-order valence-electron chi connectivity index (χ1n) is 5.20. The lowest BCUT2D eigenvalue weighted by Gasteiger charge is -2.05. The Bertz CT molecular complexity index is 494. The molecule has 0 aliphatic carbocycles. The van der Waals surface area contributed by atoms with Crippen molar-refractivity contribution in [2.24, 2.45) is 0 Å². The highest BCUT2D eigenvalue weighted by molar-refractivity contribution is 5.92. The van der Waals surface area contributed by atoms with E-state index < -0.39 is 0 Å². The maximum atomic E-state index is 11.4. The lowest BCUT2D eigenvalue weighted by atomic mass is 10.3. The van der Waals surface area contributed by atoms with Gasteiger partial charge in [-0.05, 0) is 12.1 Å². The van der Waals surface area contributed by atoms with Crippen molar-refractivity contribution in [3.8, 4) is 0 Å². The lowest BCUT2D eigenvalue weighted by molar-refractivity contribution is 0.0958. The summed E-state index contributed by atoms with van der Waals surface area (Å²) >= 11 is 0. The second kappa shape index (κ2) is 5.11. The third-order valence-corrected chi connectivity index (χ3v) is 2.23. The minimum absolute atomic E-state index is 0.202. The molecule has 6 nitrogen and oxygen atoms in total. The zero-order chi connectivity index (χ0) is 12.1. The van der Waals surface area contributed by atoms with Crippen LogP contribution in [-0.4, -0.2) is 27.9 Å². The van der Waals surface area contributed by atoms with Gasteiger partial charge in [-0.25, -0.2) is 4.98 Å². The third-order valence-electron chi connectivity index (χ3n) is 2.23. The van der Waals surface area contributed by atoms with Gasteiger partial charge in [0, 0.05) is 31.3 Å². The predicted molar refractivity (Wildman–Crippen MR) is 63.5 cm³/mol. The van der Waals surface area contributed by atoms with Crippen molar-refractivity contribution in [3.63, 3.8) is 0 Å². The first-order chi connectivity index (χ1) is 8.29. The SMILES string of the molecule is CNC(=O)c1cc(NCc2ncc[nH]2)ccn1. The van der Waals surface area contributed by atoms with Crippen molar-refractivity contribution in [1.82, 2.24) is 20.3 Å². The molecule has 0 atom stereocenters. The van der Waals surface area contributed by atoms with Gasteiger partial charge in [-0.3, -0.25) is 9.78 Å². The second-order valence-electron chi connectivity index (χ2n) is 3.40. The van der Waals surface area contributed by atoms with Crippen LogP contribution >= 0.6 is 0 Å². The molecule has 88 valence electrons. The minimum atomic E-state index is -0.202. The van der Waals surface area contributed by atoms with Gasteiger partial charge in [0.05, 0.1) is 6.54 Å². The zero-order valence-corrected chi connectivity index (χ0v) is 9.40. The number of amides is 1. The van der Waals surface area contributed by atoms with Crippen LogP contribution in [0, 0.1) is 0 Å². The number of aromatic nitrogens is 3. The lowest BCUT2D eigenvalue weighted by Crippen LogP contribution is -2.19. The van der Waals surface area contributed by atoms with E-state index in [4.69, 9.17) is 0 Å². The molecule has 2 aromatic rings. The summed E-state index contributed by atoms with van der Waals surface area (Å²) in [5, 5.41) is 5.68. The van der Waals surface area contributed by atoms with Crippen LogP contribution in [0.3, 0.4) is 0 Å². The number of hydrogen-bond acceptors (Lipinski definition) is 4. The molecule has 6 heteroatoms. The highest BCUT2D eigenvalue weighted by Crippen LogP contribution is 2.08. The van der Waals surface area contributed by atoms with E-state index in [1.54, 1.807) is 37.8 Å². The van der Waals surface area contributed by atoms with Crippen LogP contribution in [0.25, 0.3) is 0 Å². The van der Waals surface area contributed by atoms with E-state index in [1.165, 1.54) is 0 Å². The number of nitrogens with zero attached hydrogens (tertiary/aromatic N) is 2. The predicted octanol–water partition coefficient (Wildman–Crippen LogP) is 0.776. The molecule has 0 unspecified atom stereocenters. The summed E-state index contributed by atoms with van der Waals surface area (Å²) in [6, 6.07) is 3.50. The molecule has 0 aromatic carbocycles. The summed E-state index contributed by atoms with van der Waals surface area (Å²) in [5.74, 6) is 0.634. The molecule has 0 bridgehead atoms. The van der Waals surface area contributed by atoms with Gasteiger partial charge in [-0.1, -0.05) is 0 Å². The van der Waals surface area contributed by atoms with Gasteiger partial charge in [0.15, 0.2) is 0 Å². The van der Waals surface area contributed by atoms with Gasteiger partial charge >= 0.3 is 0 Å². The molecular weight excluding hydrogens is 218 g/mol. The van der Waals surface area contributed by atoms with Crippen molar-refractivity contribution in [1.29, 1.82) is 0 Å². The summed E-state index contributed by atoms with van der Waals surface area (Å²) in [6.45, 7) is 0.574. The number of aromatic amines is 1. The number of carbonyl (C=O) groups is 1.